The number of hydrogen-bond acceptors (Lipinski definition) is 5. The van der Waals surface area contributed by atoms with E-state index in [9.17, 15) is 4.79 Å². The van der Waals surface area contributed by atoms with Crippen LogP contribution in [-0.4, -0.2) is 45.8 Å². The van der Waals surface area contributed by atoms with Gasteiger partial charge in [0.2, 0.25) is 5.91 Å². The Bertz CT molecular complexity index is 650. The van der Waals surface area contributed by atoms with E-state index >= 15 is 0 Å². The quantitative estimate of drug-likeness (QED) is 0.794. The zero-order valence-corrected chi connectivity index (χ0v) is 12.9. The Morgan fingerprint density at radius 2 is 2.05 bits per heavy atom. The number of methoxy groups -OCH3 is 1. The van der Waals surface area contributed by atoms with Crippen LogP contribution in [0, 0.1) is 20.8 Å². The van der Waals surface area contributed by atoms with Crippen LogP contribution in [0.15, 0.2) is 0 Å². The van der Waals surface area contributed by atoms with Gasteiger partial charge >= 0.3 is 0 Å². The minimum atomic E-state index is 0.0146. The molecule has 0 aliphatic carbocycles. The molecule has 0 spiro atoms. The molecule has 0 fully saturated rings. The Labute approximate surface area is 123 Å². The third-order valence-corrected chi connectivity index (χ3v) is 3.39. The molecule has 0 saturated heterocycles. The molecular formula is C14H21N5O2. The van der Waals surface area contributed by atoms with E-state index in [1.807, 2.05) is 20.8 Å². The summed E-state index contributed by atoms with van der Waals surface area (Å²) in [7, 11) is 1.61. The lowest BCUT2D eigenvalue weighted by Gasteiger charge is -2.10. The maximum absolute atomic E-state index is 11.8. The molecule has 7 heteroatoms. The molecule has 1 amide bonds. The van der Waals surface area contributed by atoms with Gasteiger partial charge in [0.1, 0.15) is 5.82 Å². The summed E-state index contributed by atoms with van der Waals surface area (Å²) in [6.45, 7) is 6.82. The van der Waals surface area contributed by atoms with Crippen LogP contribution >= 0.6 is 0 Å². The van der Waals surface area contributed by atoms with E-state index in [0.29, 0.717) is 37.6 Å². The van der Waals surface area contributed by atoms with E-state index in [1.165, 1.54) is 0 Å². The van der Waals surface area contributed by atoms with E-state index in [2.05, 4.69) is 20.4 Å². The zero-order chi connectivity index (χ0) is 15.4. The van der Waals surface area contributed by atoms with Gasteiger partial charge < -0.3 is 10.1 Å². The maximum Gasteiger partial charge on any atom is 0.252 e. The molecule has 0 aromatic carbocycles. The molecule has 0 aliphatic rings. The van der Waals surface area contributed by atoms with Gasteiger partial charge in [-0.15, -0.1) is 0 Å². The average molecular weight is 291 g/mol. The second kappa shape index (κ2) is 6.62. The normalized spacial score (nSPS) is 11.0. The minimum absolute atomic E-state index is 0.0146. The summed E-state index contributed by atoms with van der Waals surface area (Å²) in [5, 5.41) is 7.14. The van der Waals surface area contributed by atoms with Gasteiger partial charge in [-0.2, -0.15) is 10.1 Å². The first-order chi connectivity index (χ1) is 10.0. The van der Waals surface area contributed by atoms with Crippen LogP contribution in [0.5, 0.6) is 0 Å². The molecule has 114 valence electrons. The van der Waals surface area contributed by atoms with E-state index in [1.54, 1.807) is 11.6 Å². The second-order valence-corrected chi connectivity index (χ2v) is 4.97. The molecule has 0 bridgehead atoms. The number of nitrogens with zero attached hydrogens (tertiary/aromatic N) is 4. The highest BCUT2D eigenvalue weighted by Crippen LogP contribution is 2.15. The summed E-state index contributed by atoms with van der Waals surface area (Å²) in [4.78, 5) is 20.5. The zero-order valence-electron chi connectivity index (χ0n) is 12.9. The summed E-state index contributed by atoms with van der Waals surface area (Å²) >= 11 is 0. The van der Waals surface area contributed by atoms with Crippen molar-refractivity contribution in [2.45, 2.75) is 33.6 Å². The molecule has 21 heavy (non-hydrogen) atoms. The van der Waals surface area contributed by atoms with E-state index in [-0.39, 0.29) is 5.91 Å². The van der Waals surface area contributed by atoms with Crippen molar-refractivity contribution in [2.75, 3.05) is 20.3 Å². The average Bonchev–Trinajstić information content (AvgIpc) is 2.79. The number of nitrogens with one attached hydrogen (secondary N) is 1. The fraction of sp³-hybridized carbons (Fsp3) is 0.571. The molecule has 2 aromatic rings. The first-order valence-corrected chi connectivity index (χ1v) is 6.98. The van der Waals surface area contributed by atoms with Gasteiger partial charge in [-0.05, 0) is 32.8 Å². The molecule has 0 unspecified atom stereocenters. The topological polar surface area (TPSA) is 81.4 Å². The molecule has 0 atom stereocenters. The highest BCUT2D eigenvalue weighted by molar-refractivity contribution is 5.76. The first-order valence-electron chi connectivity index (χ1n) is 6.98. The van der Waals surface area contributed by atoms with Gasteiger partial charge in [-0.25, -0.2) is 9.50 Å². The van der Waals surface area contributed by atoms with Crippen LogP contribution < -0.4 is 5.32 Å². The van der Waals surface area contributed by atoms with Crippen LogP contribution in [0.2, 0.25) is 0 Å². The van der Waals surface area contributed by atoms with Gasteiger partial charge in [0, 0.05) is 31.5 Å². The number of aromatic nitrogens is 4. The molecule has 0 saturated carbocycles. The third-order valence-electron chi connectivity index (χ3n) is 3.39. The Morgan fingerprint density at radius 3 is 2.76 bits per heavy atom. The van der Waals surface area contributed by atoms with Crippen molar-refractivity contribution in [1.29, 1.82) is 0 Å². The largest absolute Gasteiger partial charge is 0.383 e. The molecule has 1 N–H and O–H groups in total. The fourth-order valence-electron chi connectivity index (χ4n) is 2.29. The van der Waals surface area contributed by atoms with E-state index in [0.717, 1.165) is 17.0 Å². The van der Waals surface area contributed by atoms with Gasteiger partial charge in [-0.1, -0.05) is 0 Å². The van der Waals surface area contributed by atoms with Crippen molar-refractivity contribution in [3.8, 4) is 0 Å². The lowest BCUT2D eigenvalue weighted by atomic mass is 10.1. The van der Waals surface area contributed by atoms with Crippen LogP contribution in [0.25, 0.3) is 5.78 Å². The molecule has 0 radical (unpaired) electrons. The lowest BCUT2D eigenvalue weighted by molar-refractivity contribution is -0.121. The number of amides is 1. The summed E-state index contributed by atoms with van der Waals surface area (Å²) in [5.41, 5.74) is 2.94. The maximum atomic E-state index is 11.8. The molecule has 2 aromatic heterocycles. The Kier molecular flexibility index (Phi) is 4.85. The number of hydrogen-bond donors (Lipinski definition) is 1. The van der Waals surface area contributed by atoms with Gasteiger partial charge in [0.15, 0.2) is 0 Å². The molecular weight excluding hydrogens is 270 g/mol. The number of fused-ring (bicyclic) bond motifs is 1. The van der Waals surface area contributed by atoms with Crippen molar-refractivity contribution in [3.05, 3.63) is 22.8 Å². The van der Waals surface area contributed by atoms with Crippen molar-refractivity contribution in [2.24, 2.45) is 0 Å². The smallest absolute Gasteiger partial charge is 0.252 e. The van der Waals surface area contributed by atoms with Crippen LogP contribution in [-0.2, 0) is 16.0 Å². The summed E-state index contributed by atoms with van der Waals surface area (Å²) in [6.07, 6.45) is 1.06. The molecule has 7 nitrogen and oxygen atoms in total. The van der Waals surface area contributed by atoms with Gasteiger partial charge in [0.05, 0.1) is 6.61 Å². The lowest BCUT2D eigenvalue weighted by Crippen LogP contribution is -2.27. The summed E-state index contributed by atoms with van der Waals surface area (Å²) < 4.78 is 6.64. The predicted octanol–water partition coefficient (Wildman–Crippen LogP) is 0.745. The highest BCUT2D eigenvalue weighted by Gasteiger charge is 2.13. The third kappa shape index (κ3) is 3.55. The molecule has 0 aliphatic heterocycles. The van der Waals surface area contributed by atoms with Gasteiger partial charge in [-0.3, -0.25) is 4.79 Å². The van der Waals surface area contributed by atoms with Crippen LogP contribution in [0.3, 0.4) is 0 Å². The number of ether oxygens (including phenoxy) is 1. The Morgan fingerprint density at radius 1 is 1.29 bits per heavy atom. The van der Waals surface area contributed by atoms with E-state index in [4.69, 9.17) is 4.74 Å². The standard InChI is InChI=1S/C14H21N5O2/c1-9-12(5-6-13(20)15-7-8-21-4)10(2)19-14(16-9)17-11(3)18-19/h5-8H2,1-4H3,(H,15,20). The van der Waals surface area contributed by atoms with Crippen LogP contribution in [0.4, 0.5) is 0 Å². The first kappa shape index (κ1) is 15.4. The Balaban J connectivity index is 2.09. The summed E-state index contributed by atoms with van der Waals surface area (Å²) in [5.74, 6) is 1.32. The van der Waals surface area contributed by atoms with Gasteiger partial charge in [0.25, 0.3) is 5.78 Å². The monoisotopic (exact) mass is 291 g/mol. The molecule has 2 rings (SSSR count). The summed E-state index contributed by atoms with van der Waals surface area (Å²) in [6, 6.07) is 0. The number of rotatable bonds is 6. The number of aryl methyl sites for hydroxylation is 3. The van der Waals surface area contributed by atoms with Crippen molar-refractivity contribution in [3.63, 3.8) is 0 Å². The van der Waals surface area contributed by atoms with Crippen molar-refractivity contribution in [1.82, 2.24) is 24.9 Å². The minimum Gasteiger partial charge on any atom is -0.383 e. The predicted molar refractivity (Wildman–Crippen MR) is 78.2 cm³/mol. The number of carbonyl (C=O) groups excluding carboxylic acids is 1. The Hall–Kier alpha value is -2.02. The van der Waals surface area contributed by atoms with Crippen molar-refractivity contribution >= 4 is 11.7 Å². The SMILES string of the molecule is COCCNC(=O)CCc1c(C)nc2nc(C)nn2c1C. The van der Waals surface area contributed by atoms with E-state index < -0.39 is 0 Å². The highest BCUT2D eigenvalue weighted by atomic mass is 16.5. The van der Waals surface area contributed by atoms with Crippen molar-refractivity contribution < 1.29 is 9.53 Å². The molecule has 2 heterocycles. The second-order valence-electron chi connectivity index (χ2n) is 4.97. The van der Waals surface area contributed by atoms with Crippen LogP contribution in [0.1, 0.15) is 29.2 Å². The fourth-order valence-corrected chi connectivity index (χ4v) is 2.29. The number of carbonyl (C=O) groups is 1.